The van der Waals surface area contributed by atoms with Gasteiger partial charge in [0, 0.05) is 5.56 Å². The molecule has 0 fully saturated rings. The molecule has 0 saturated carbocycles. The third-order valence-corrected chi connectivity index (χ3v) is 2.76. The third-order valence-electron chi connectivity index (χ3n) is 2.76. The van der Waals surface area contributed by atoms with Crippen molar-refractivity contribution in [2.75, 3.05) is 0 Å². The molecular formula is C14H9F4NO2. The lowest BCUT2D eigenvalue weighted by Gasteiger charge is -2.10. The Bertz CT molecular complexity index is 666. The Hall–Kier alpha value is -2.44. The summed E-state index contributed by atoms with van der Waals surface area (Å²) in [6.07, 6.45) is -4.04. The number of benzene rings is 1. The molecule has 1 N–H and O–H groups in total. The molecule has 0 bridgehead atoms. The van der Waals surface area contributed by atoms with Crippen LogP contribution in [-0.4, -0.2) is 16.1 Å². The van der Waals surface area contributed by atoms with Crippen molar-refractivity contribution in [3.05, 3.63) is 53.5 Å². The van der Waals surface area contributed by atoms with E-state index in [2.05, 4.69) is 4.98 Å². The molecule has 0 radical (unpaired) electrons. The van der Waals surface area contributed by atoms with Gasteiger partial charge in [-0.25, -0.2) is 4.39 Å². The summed E-state index contributed by atoms with van der Waals surface area (Å²) < 4.78 is 50.6. The number of rotatable bonds is 3. The Morgan fingerprint density at radius 3 is 2.33 bits per heavy atom. The monoisotopic (exact) mass is 299 g/mol. The standard InChI is InChI=1S/C14H9F4NO2/c15-11-5-9(6-12(20)21)13(19-7-11)8-1-3-10(4-2-8)14(16,17)18/h1-5,7H,6H2,(H,20,21). The number of nitrogens with zero attached hydrogens (tertiary/aromatic N) is 1. The molecule has 0 aliphatic rings. The number of hydrogen-bond donors (Lipinski definition) is 1. The number of carboxylic acids is 1. The fraction of sp³-hybridized carbons (Fsp3) is 0.143. The maximum Gasteiger partial charge on any atom is 0.416 e. The minimum absolute atomic E-state index is 0.0993. The summed E-state index contributed by atoms with van der Waals surface area (Å²) in [6, 6.07) is 5.09. The van der Waals surface area contributed by atoms with Gasteiger partial charge in [0.05, 0.1) is 23.9 Å². The summed E-state index contributed by atoms with van der Waals surface area (Å²) in [7, 11) is 0. The van der Waals surface area contributed by atoms with E-state index in [1.54, 1.807) is 0 Å². The zero-order valence-electron chi connectivity index (χ0n) is 10.5. The zero-order valence-corrected chi connectivity index (χ0v) is 10.5. The van der Waals surface area contributed by atoms with Gasteiger partial charge < -0.3 is 5.11 Å². The van der Waals surface area contributed by atoms with Crippen molar-refractivity contribution in [2.45, 2.75) is 12.6 Å². The smallest absolute Gasteiger partial charge is 0.416 e. The van der Waals surface area contributed by atoms with Gasteiger partial charge in [-0.2, -0.15) is 13.2 Å². The highest BCUT2D eigenvalue weighted by atomic mass is 19.4. The van der Waals surface area contributed by atoms with E-state index in [9.17, 15) is 22.4 Å². The van der Waals surface area contributed by atoms with Crippen LogP contribution in [0.25, 0.3) is 11.3 Å². The quantitative estimate of drug-likeness (QED) is 0.882. The lowest BCUT2D eigenvalue weighted by molar-refractivity contribution is -0.138. The molecule has 1 aromatic heterocycles. The van der Waals surface area contributed by atoms with Gasteiger partial charge in [0.2, 0.25) is 0 Å². The summed E-state index contributed by atoms with van der Waals surface area (Å²) in [5.74, 6) is -1.89. The second-order valence-corrected chi connectivity index (χ2v) is 4.31. The van der Waals surface area contributed by atoms with Crippen LogP contribution >= 0.6 is 0 Å². The second-order valence-electron chi connectivity index (χ2n) is 4.31. The Kier molecular flexibility index (Phi) is 3.93. The maximum absolute atomic E-state index is 13.1. The van der Waals surface area contributed by atoms with Crippen LogP contribution < -0.4 is 0 Å². The number of halogens is 4. The number of aliphatic carboxylic acids is 1. The Labute approximate surface area is 116 Å². The number of hydrogen-bond acceptors (Lipinski definition) is 2. The fourth-order valence-corrected chi connectivity index (χ4v) is 1.86. The molecule has 2 aromatic rings. The molecule has 0 amide bonds. The molecule has 0 atom stereocenters. The highest BCUT2D eigenvalue weighted by molar-refractivity contribution is 5.75. The first-order valence-corrected chi connectivity index (χ1v) is 5.81. The van der Waals surface area contributed by atoms with Gasteiger partial charge in [-0.3, -0.25) is 9.78 Å². The number of alkyl halides is 3. The SMILES string of the molecule is O=C(O)Cc1cc(F)cnc1-c1ccc(C(F)(F)F)cc1. The minimum Gasteiger partial charge on any atom is -0.481 e. The van der Waals surface area contributed by atoms with Gasteiger partial charge in [0.1, 0.15) is 5.82 Å². The van der Waals surface area contributed by atoms with Crippen molar-refractivity contribution in [3.8, 4) is 11.3 Å². The highest BCUT2D eigenvalue weighted by Crippen LogP contribution is 2.31. The highest BCUT2D eigenvalue weighted by Gasteiger charge is 2.30. The third kappa shape index (κ3) is 3.56. The van der Waals surface area contributed by atoms with Crippen LogP contribution in [0.15, 0.2) is 36.5 Å². The van der Waals surface area contributed by atoms with Crippen molar-refractivity contribution in [2.24, 2.45) is 0 Å². The average molecular weight is 299 g/mol. The van der Waals surface area contributed by atoms with E-state index in [4.69, 9.17) is 5.11 Å². The molecule has 21 heavy (non-hydrogen) atoms. The first-order valence-electron chi connectivity index (χ1n) is 5.81. The number of pyridine rings is 1. The molecule has 1 heterocycles. The molecule has 7 heteroatoms. The maximum atomic E-state index is 13.1. The Morgan fingerprint density at radius 2 is 1.81 bits per heavy atom. The summed E-state index contributed by atoms with van der Waals surface area (Å²) >= 11 is 0. The predicted molar refractivity (Wildman–Crippen MR) is 66.0 cm³/mol. The number of carbonyl (C=O) groups is 1. The van der Waals surface area contributed by atoms with Crippen LogP contribution in [0, 0.1) is 5.82 Å². The van der Waals surface area contributed by atoms with E-state index in [1.807, 2.05) is 0 Å². The van der Waals surface area contributed by atoms with Crippen molar-refractivity contribution < 1.29 is 27.5 Å². The molecule has 0 aliphatic heterocycles. The largest absolute Gasteiger partial charge is 0.481 e. The van der Waals surface area contributed by atoms with E-state index in [1.165, 1.54) is 12.1 Å². The van der Waals surface area contributed by atoms with Crippen LogP contribution in [0.5, 0.6) is 0 Å². The zero-order chi connectivity index (χ0) is 15.6. The van der Waals surface area contributed by atoms with Crippen LogP contribution in [0.3, 0.4) is 0 Å². The van der Waals surface area contributed by atoms with Gasteiger partial charge in [-0.15, -0.1) is 0 Å². The van der Waals surface area contributed by atoms with Crippen LogP contribution in [-0.2, 0) is 17.4 Å². The van der Waals surface area contributed by atoms with Crippen LogP contribution in [0.4, 0.5) is 17.6 Å². The van der Waals surface area contributed by atoms with E-state index in [0.717, 1.165) is 24.4 Å². The summed E-state index contributed by atoms with van der Waals surface area (Å²) in [6.45, 7) is 0. The van der Waals surface area contributed by atoms with Gasteiger partial charge >= 0.3 is 12.1 Å². The predicted octanol–water partition coefficient (Wildman–Crippen LogP) is 3.53. The molecule has 3 nitrogen and oxygen atoms in total. The molecule has 0 spiro atoms. The summed E-state index contributed by atoms with van der Waals surface area (Å²) in [4.78, 5) is 14.5. The second kappa shape index (κ2) is 5.51. The van der Waals surface area contributed by atoms with Crippen LogP contribution in [0.1, 0.15) is 11.1 Å². The van der Waals surface area contributed by atoms with Gasteiger partial charge in [-0.1, -0.05) is 12.1 Å². The molecule has 0 unspecified atom stereocenters. The first-order chi connectivity index (χ1) is 9.77. The summed E-state index contributed by atoms with van der Waals surface area (Å²) in [5, 5.41) is 8.78. The van der Waals surface area contributed by atoms with Gasteiger partial charge in [0.25, 0.3) is 0 Å². The molecule has 1 aromatic carbocycles. The first kappa shape index (κ1) is 15.0. The van der Waals surface area contributed by atoms with E-state index < -0.39 is 29.9 Å². The lowest BCUT2D eigenvalue weighted by Crippen LogP contribution is -2.05. The van der Waals surface area contributed by atoms with Crippen molar-refractivity contribution in [1.82, 2.24) is 4.98 Å². The number of aromatic nitrogens is 1. The topological polar surface area (TPSA) is 50.2 Å². The molecule has 2 rings (SSSR count). The molecule has 110 valence electrons. The lowest BCUT2D eigenvalue weighted by atomic mass is 10.0. The van der Waals surface area contributed by atoms with E-state index >= 15 is 0 Å². The van der Waals surface area contributed by atoms with Crippen molar-refractivity contribution >= 4 is 5.97 Å². The van der Waals surface area contributed by atoms with E-state index in [0.29, 0.717) is 5.56 Å². The normalized spacial score (nSPS) is 11.4. The van der Waals surface area contributed by atoms with Gasteiger partial charge in [-0.05, 0) is 23.8 Å². The Morgan fingerprint density at radius 1 is 1.19 bits per heavy atom. The van der Waals surface area contributed by atoms with E-state index in [-0.39, 0.29) is 11.3 Å². The molecule has 0 saturated heterocycles. The van der Waals surface area contributed by atoms with Crippen LogP contribution in [0.2, 0.25) is 0 Å². The number of carboxylic acid groups (broad SMARTS) is 1. The van der Waals surface area contributed by atoms with Crippen molar-refractivity contribution in [3.63, 3.8) is 0 Å². The molecule has 0 aliphatic carbocycles. The summed E-state index contributed by atoms with van der Waals surface area (Å²) in [5.41, 5.74) is -0.290. The van der Waals surface area contributed by atoms with Gasteiger partial charge in [0.15, 0.2) is 0 Å². The Balaban J connectivity index is 2.44. The minimum atomic E-state index is -4.46. The fourth-order valence-electron chi connectivity index (χ4n) is 1.86. The molecular weight excluding hydrogens is 290 g/mol. The average Bonchev–Trinajstić information content (AvgIpc) is 2.37. The van der Waals surface area contributed by atoms with Crippen molar-refractivity contribution in [1.29, 1.82) is 0 Å².